The van der Waals surface area contributed by atoms with E-state index in [9.17, 15) is 14.0 Å². The molecule has 3 aromatic rings. The van der Waals surface area contributed by atoms with Crippen molar-refractivity contribution in [3.05, 3.63) is 82.8 Å². The summed E-state index contributed by atoms with van der Waals surface area (Å²) >= 11 is 5.88. The molecule has 0 bridgehead atoms. The number of methoxy groups -OCH3 is 1. The lowest BCUT2D eigenvalue weighted by molar-refractivity contribution is 0.0845. The Labute approximate surface area is 170 Å². The van der Waals surface area contributed by atoms with E-state index in [2.05, 4.69) is 21.2 Å². The molecule has 0 atom stereocenters. The molecule has 9 heteroatoms. The van der Waals surface area contributed by atoms with Gasteiger partial charge in [0.25, 0.3) is 11.8 Å². The molecule has 29 heavy (non-hydrogen) atoms. The van der Waals surface area contributed by atoms with Crippen LogP contribution in [0.25, 0.3) is 0 Å². The van der Waals surface area contributed by atoms with Gasteiger partial charge >= 0.3 is 0 Å². The molecular formula is C20H16ClFN4O3. The summed E-state index contributed by atoms with van der Waals surface area (Å²) in [5.74, 6) is -1.16. The fourth-order valence-electron chi connectivity index (χ4n) is 2.49. The predicted molar refractivity (Wildman–Crippen MR) is 107 cm³/mol. The number of nitrogens with one attached hydrogen (secondary N) is 3. The normalized spacial score (nSPS) is 10.2. The number of hydrogen-bond donors (Lipinski definition) is 3. The maximum atomic E-state index is 13.4. The first-order valence-corrected chi connectivity index (χ1v) is 8.77. The second-order valence-electron chi connectivity index (χ2n) is 5.79. The van der Waals surface area contributed by atoms with E-state index >= 15 is 0 Å². The highest BCUT2D eigenvalue weighted by Crippen LogP contribution is 2.23. The van der Waals surface area contributed by atoms with Gasteiger partial charge in [0.2, 0.25) is 0 Å². The third kappa shape index (κ3) is 4.99. The summed E-state index contributed by atoms with van der Waals surface area (Å²) in [5.41, 5.74) is 5.41. The number of halogens is 2. The lowest BCUT2D eigenvalue weighted by Gasteiger charge is -2.13. The molecule has 0 saturated heterocycles. The van der Waals surface area contributed by atoms with Crippen molar-refractivity contribution in [1.82, 2.24) is 15.8 Å². The van der Waals surface area contributed by atoms with Crippen molar-refractivity contribution in [3.8, 4) is 5.75 Å². The van der Waals surface area contributed by atoms with E-state index < -0.39 is 17.6 Å². The predicted octanol–water partition coefficient (Wildman–Crippen LogP) is 3.70. The van der Waals surface area contributed by atoms with Gasteiger partial charge in [0, 0.05) is 16.9 Å². The third-order valence-electron chi connectivity index (χ3n) is 3.84. The van der Waals surface area contributed by atoms with Crippen molar-refractivity contribution in [2.24, 2.45) is 0 Å². The molecule has 0 radical (unpaired) electrons. The van der Waals surface area contributed by atoms with Crippen LogP contribution in [0.4, 0.5) is 15.9 Å². The van der Waals surface area contributed by atoms with Crippen LogP contribution in [0, 0.1) is 5.82 Å². The number of aromatic nitrogens is 1. The number of nitrogens with zero attached hydrogens (tertiary/aromatic N) is 1. The first kappa shape index (κ1) is 20.1. The zero-order valence-electron chi connectivity index (χ0n) is 15.2. The smallest absolute Gasteiger partial charge is 0.273 e. The first-order valence-electron chi connectivity index (χ1n) is 8.40. The molecule has 148 valence electrons. The maximum absolute atomic E-state index is 13.4. The highest BCUT2D eigenvalue weighted by Gasteiger charge is 2.16. The van der Waals surface area contributed by atoms with Crippen molar-refractivity contribution in [1.29, 1.82) is 0 Å². The molecule has 2 amide bonds. The van der Waals surface area contributed by atoms with Crippen LogP contribution in [0.15, 0.2) is 60.8 Å². The molecule has 0 aliphatic heterocycles. The number of amides is 2. The number of hydrazine groups is 1. The lowest BCUT2D eigenvalue weighted by Crippen LogP contribution is -2.42. The van der Waals surface area contributed by atoms with Crippen molar-refractivity contribution in [3.63, 3.8) is 0 Å². The molecular weight excluding hydrogens is 399 g/mol. The monoisotopic (exact) mass is 414 g/mol. The minimum Gasteiger partial charge on any atom is -0.496 e. The fraction of sp³-hybridized carbons (Fsp3) is 0.0500. The molecule has 0 spiro atoms. The molecule has 3 N–H and O–H groups in total. The molecule has 7 nitrogen and oxygen atoms in total. The summed E-state index contributed by atoms with van der Waals surface area (Å²) in [4.78, 5) is 29.0. The molecule has 0 unspecified atom stereocenters. The van der Waals surface area contributed by atoms with Crippen LogP contribution in [0.2, 0.25) is 5.02 Å². The zero-order chi connectivity index (χ0) is 20.8. The Morgan fingerprint density at radius 2 is 1.76 bits per heavy atom. The zero-order valence-corrected chi connectivity index (χ0v) is 16.0. The summed E-state index contributed by atoms with van der Waals surface area (Å²) in [7, 11) is 1.40. The number of carbonyl (C=O) groups excluding carboxylic acids is 2. The number of carbonyl (C=O) groups is 2. The van der Waals surface area contributed by atoms with Crippen molar-refractivity contribution < 1.29 is 18.7 Å². The summed E-state index contributed by atoms with van der Waals surface area (Å²) in [6.07, 6.45) is 1.48. The molecule has 0 fully saturated rings. The number of ether oxygens (including phenoxy) is 1. The molecule has 1 heterocycles. The van der Waals surface area contributed by atoms with Gasteiger partial charge in [-0.1, -0.05) is 17.7 Å². The van der Waals surface area contributed by atoms with Gasteiger partial charge in [-0.25, -0.2) is 9.37 Å². The number of pyridine rings is 1. The Balaban J connectivity index is 1.72. The third-order valence-corrected chi connectivity index (χ3v) is 4.07. The second kappa shape index (κ2) is 9.03. The minimum absolute atomic E-state index is 0.153. The maximum Gasteiger partial charge on any atom is 0.273 e. The van der Waals surface area contributed by atoms with Crippen LogP contribution < -0.4 is 20.9 Å². The van der Waals surface area contributed by atoms with Crippen LogP contribution >= 0.6 is 11.6 Å². The minimum atomic E-state index is -0.613. The molecule has 2 aromatic carbocycles. The Bertz CT molecular complexity index is 1060. The number of hydrogen-bond acceptors (Lipinski definition) is 5. The Morgan fingerprint density at radius 1 is 1.00 bits per heavy atom. The number of rotatable bonds is 5. The number of anilines is 2. The summed E-state index contributed by atoms with van der Waals surface area (Å²) in [6.45, 7) is 0. The summed E-state index contributed by atoms with van der Waals surface area (Å²) < 4.78 is 18.5. The Hall–Kier alpha value is -3.65. The fourth-order valence-corrected chi connectivity index (χ4v) is 2.65. The van der Waals surface area contributed by atoms with Gasteiger partial charge in [-0.2, -0.15) is 0 Å². The van der Waals surface area contributed by atoms with Crippen LogP contribution in [-0.4, -0.2) is 23.9 Å². The van der Waals surface area contributed by atoms with Gasteiger partial charge in [0.15, 0.2) is 0 Å². The largest absolute Gasteiger partial charge is 0.496 e. The van der Waals surface area contributed by atoms with Gasteiger partial charge in [0.1, 0.15) is 17.4 Å². The summed E-state index contributed by atoms with van der Waals surface area (Å²) in [6, 6.07) is 13.3. The van der Waals surface area contributed by atoms with Crippen LogP contribution in [-0.2, 0) is 0 Å². The standard InChI is InChI=1S/C20H16ClFN4O3/c1-29-17-10-12(21)7-8-15(17)19(27)25-26-20(28)16-6-3-9-23-18(16)24-14-5-2-4-13(22)11-14/h2-11H,1H3,(H,23,24)(H,25,27)(H,26,28). The van der Waals surface area contributed by atoms with Gasteiger partial charge < -0.3 is 10.1 Å². The average Bonchev–Trinajstić information content (AvgIpc) is 2.72. The molecule has 1 aromatic heterocycles. The summed E-state index contributed by atoms with van der Waals surface area (Å²) in [5, 5.41) is 3.29. The quantitative estimate of drug-likeness (QED) is 0.553. The second-order valence-corrected chi connectivity index (χ2v) is 6.22. The van der Waals surface area contributed by atoms with E-state index in [1.54, 1.807) is 12.1 Å². The SMILES string of the molecule is COc1cc(Cl)ccc1C(=O)NNC(=O)c1cccnc1Nc1cccc(F)c1. The van der Waals surface area contributed by atoms with E-state index in [-0.39, 0.29) is 22.7 Å². The van der Waals surface area contributed by atoms with Crippen molar-refractivity contribution in [2.45, 2.75) is 0 Å². The van der Waals surface area contributed by atoms with E-state index in [1.807, 2.05) is 0 Å². The van der Waals surface area contributed by atoms with Gasteiger partial charge in [0.05, 0.1) is 18.2 Å². The average molecular weight is 415 g/mol. The highest BCUT2D eigenvalue weighted by molar-refractivity contribution is 6.30. The highest BCUT2D eigenvalue weighted by atomic mass is 35.5. The van der Waals surface area contributed by atoms with Gasteiger partial charge in [-0.15, -0.1) is 0 Å². The van der Waals surface area contributed by atoms with Crippen LogP contribution in [0.1, 0.15) is 20.7 Å². The van der Waals surface area contributed by atoms with E-state index in [0.717, 1.165) is 0 Å². The van der Waals surface area contributed by atoms with Crippen molar-refractivity contribution >= 4 is 34.9 Å². The first-order chi connectivity index (χ1) is 14.0. The van der Waals surface area contributed by atoms with Gasteiger partial charge in [-0.05, 0) is 48.5 Å². The van der Waals surface area contributed by atoms with E-state index in [4.69, 9.17) is 16.3 Å². The topological polar surface area (TPSA) is 92.4 Å². The molecule has 0 aliphatic rings. The Kier molecular flexibility index (Phi) is 6.25. The molecule has 0 aliphatic carbocycles. The van der Waals surface area contributed by atoms with Crippen molar-refractivity contribution in [2.75, 3.05) is 12.4 Å². The van der Waals surface area contributed by atoms with Crippen LogP contribution in [0.3, 0.4) is 0 Å². The van der Waals surface area contributed by atoms with E-state index in [0.29, 0.717) is 10.7 Å². The molecule has 3 rings (SSSR count). The lowest BCUT2D eigenvalue weighted by atomic mass is 10.2. The van der Waals surface area contributed by atoms with E-state index in [1.165, 1.54) is 55.8 Å². The Morgan fingerprint density at radius 3 is 2.48 bits per heavy atom. The van der Waals surface area contributed by atoms with Gasteiger partial charge in [-0.3, -0.25) is 20.4 Å². The molecule has 0 saturated carbocycles. The van der Waals surface area contributed by atoms with Crippen LogP contribution in [0.5, 0.6) is 5.75 Å². The number of benzene rings is 2.